The number of benzene rings is 1. The van der Waals surface area contributed by atoms with Crippen LogP contribution in [0.3, 0.4) is 0 Å². The Bertz CT molecular complexity index is 942. The Morgan fingerprint density at radius 1 is 1.33 bits per heavy atom. The van der Waals surface area contributed by atoms with E-state index in [2.05, 4.69) is 27.3 Å². The van der Waals surface area contributed by atoms with Crippen molar-refractivity contribution in [2.45, 2.75) is 19.9 Å². The van der Waals surface area contributed by atoms with E-state index >= 15 is 0 Å². The number of carbonyl (C=O) groups is 1. The second kappa shape index (κ2) is 7.45. The summed E-state index contributed by atoms with van der Waals surface area (Å²) in [6.45, 7) is 2.97. The van der Waals surface area contributed by atoms with Gasteiger partial charge < -0.3 is 14.8 Å². The molecular weight excluding hydrogens is 346 g/mol. The van der Waals surface area contributed by atoms with Gasteiger partial charge in [0.25, 0.3) is 0 Å². The van der Waals surface area contributed by atoms with Crippen molar-refractivity contribution in [3.8, 4) is 17.2 Å². The standard InChI is InChI=1S/C19H19N5O3/c1-13-6-14-7-15(2-3-17(14)26-10-13)27-16-4-5-21-18(8-16)23-19(25)9-24-12-20-11-22-24/h2-5,7-8,11-13H,6,9-10H2,1H3,(H,21,23,25). The number of carbonyl (C=O) groups excluding carboxylic acids is 1. The van der Waals surface area contributed by atoms with Crippen LogP contribution in [0.1, 0.15) is 12.5 Å². The number of fused-ring (bicyclic) bond motifs is 1. The van der Waals surface area contributed by atoms with Gasteiger partial charge in [0.05, 0.1) is 6.61 Å². The van der Waals surface area contributed by atoms with Gasteiger partial charge in [-0.2, -0.15) is 5.10 Å². The monoisotopic (exact) mass is 365 g/mol. The molecular formula is C19H19N5O3. The summed E-state index contributed by atoms with van der Waals surface area (Å²) in [7, 11) is 0. The maximum absolute atomic E-state index is 12.0. The number of aromatic nitrogens is 4. The van der Waals surface area contributed by atoms with Crippen molar-refractivity contribution in [2.75, 3.05) is 11.9 Å². The van der Waals surface area contributed by atoms with Crippen LogP contribution < -0.4 is 14.8 Å². The van der Waals surface area contributed by atoms with Crippen LogP contribution in [0.25, 0.3) is 0 Å². The first-order valence-electron chi connectivity index (χ1n) is 8.67. The number of ether oxygens (including phenoxy) is 2. The number of pyridine rings is 1. The predicted octanol–water partition coefficient (Wildman–Crippen LogP) is 2.68. The lowest BCUT2D eigenvalue weighted by molar-refractivity contribution is -0.116. The summed E-state index contributed by atoms with van der Waals surface area (Å²) in [5, 5.41) is 6.62. The summed E-state index contributed by atoms with van der Waals surface area (Å²) in [4.78, 5) is 20.0. The minimum Gasteiger partial charge on any atom is -0.493 e. The van der Waals surface area contributed by atoms with Crippen molar-refractivity contribution in [1.29, 1.82) is 0 Å². The van der Waals surface area contributed by atoms with E-state index in [-0.39, 0.29) is 12.5 Å². The number of nitrogens with zero attached hydrogens (tertiary/aromatic N) is 4. The van der Waals surface area contributed by atoms with Crippen molar-refractivity contribution in [3.63, 3.8) is 0 Å². The number of anilines is 1. The van der Waals surface area contributed by atoms with E-state index in [1.54, 1.807) is 18.3 Å². The molecule has 0 spiro atoms. The van der Waals surface area contributed by atoms with Crippen LogP contribution in [0.5, 0.6) is 17.2 Å². The molecule has 3 aromatic rings. The summed E-state index contributed by atoms with van der Waals surface area (Å²) in [5.74, 6) is 2.87. The number of rotatable bonds is 5. The van der Waals surface area contributed by atoms with Crippen LogP contribution in [0.15, 0.2) is 49.2 Å². The van der Waals surface area contributed by atoms with Gasteiger partial charge in [-0.05, 0) is 42.2 Å². The Hall–Kier alpha value is -3.42. The molecule has 0 bridgehead atoms. The Morgan fingerprint density at radius 3 is 3.07 bits per heavy atom. The van der Waals surface area contributed by atoms with Crippen LogP contribution in [0.4, 0.5) is 5.82 Å². The molecule has 0 saturated heterocycles. The quantitative estimate of drug-likeness (QED) is 0.747. The van der Waals surface area contributed by atoms with E-state index in [0.717, 1.165) is 30.1 Å². The van der Waals surface area contributed by atoms with Gasteiger partial charge in [0, 0.05) is 12.3 Å². The van der Waals surface area contributed by atoms with Crippen molar-refractivity contribution in [3.05, 3.63) is 54.7 Å². The highest BCUT2D eigenvalue weighted by Gasteiger charge is 2.17. The van der Waals surface area contributed by atoms with Gasteiger partial charge >= 0.3 is 0 Å². The third kappa shape index (κ3) is 4.22. The number of amides is 1. The van der Waals surface area contributed by atoms with Crippen LogP contribution in [-0.2, 0) is 17.8 Å². The molecule has 0 radical (unpaired) electrons. The zero-order valence-corrected chi connectivity index (χ0v) is 14.8. The second-order valence-electron chi connectivity index (χ2n) is 6.51. The van der Waals surface area contributed by atoms with Gasteiger partial charge in [-0.3, -0.25) is 4.79 Å². The maximum atomic E-state index is 12.0. The van der Waals surface area contributed by atoms with Gasteiger partial charge in [0.15, 0.2) is 0 Å². The highest BCUT2D eigenvalue weighted by molar-refractivity contribution is 5.89. The first kappa shape index (κ1) is 17.0. The van der Waals surface area contributed by atoms with E-state index in [9.17, 15) is 4.79 Å². The van der Waals surface area contributed by atoms with E-state index < -0.39 is 0 Å². The van der Waals surface area contributed by atoms with E-state index in [1.165, 1.54) is 17.3 Å². The zero-order chi connectivity index (χ0) is 18.6. The molecule has 1 atom stereocenters. The fraction of sp³-hybridized carbons (Fsp3) is 0.263. The summed E-state index contributed by atoms with van der Waals surface area (Å²) in [5.41, 5.74) is 1.14. The molecule has 8 heteroatoms. The Morgan fingerprint density at radius 2 is 2.22 bits per heavy atom. The molecule has 1 N–H and O–H groups in total. The van der Waals surface area contributed by atoms with Crippen LogP contribution in [0, 0.1) is 5.92 Å². The van der Waals surface area contributed by atoms with Gasteiger partial charge in [-0.25, -0.2) is 14.6 Å². The minimum absolute atomic E-state index is 0.0652. The van der Waals surface area contributed by atoms with Crippen molar-refractivity contribution in [1.82, 2.24) is 19.7 Å². The fourth-order valence-electron chi connectivity index (χ4n) is 2.91. The second-order valence-corrected chi connectivity index (χ2v) is 6.51. The normalized spacial score (nSPS) is 15.5. The van der Waals surface area contributed by atoms with Gasteiger partial charge in [0.1, 0.15) is 42.3 Å². The van der Waals surface area contributed by atoms with Gasteiger partial charge in [-0.15, -0.1) is 0 Å². The molecule has 1 aliphatic heterocycles. The first-order chi connectivity index (χ1) is 13.2. The third-order valence-electron chi connectivity index (χ3n) is 4.13. The predicted molar refractivity (Wildman–Crippen MR) is 97.8 cm³/mol. The highest BCUT2D eigenvalue weighted by Crippen LogP contribution is 2.32. The molecule has 0 saturated carbocycles. The number of hydrogen-bond donors (Lipinski definition) is 1. The van der Waals surface area contributed by atoms with Crippen molar-refractivity contribution >= 4 is 11.7 Å². The van der Waals surface area contributed by atoms with E-state index in [4.69, 9.17) is 9.47 Å². The first-order valence-corrected chi connectivity index (χ1v) is 8.67. The molecule has 4 rings (SSSR count). The van der Waals surface area contributed by atoms with Crippen molar-refractivity contribution < 1.29 is 14.3 Å². The van der Waals surface area contributed by atoms with E-state index in [0.29, 0.717) is 17.5 Å². The van der Waals surface area contributed by atoms with Crippen LogP contribution in [0.2, 0.25) is 0 Å². The number of hydrogen-bond acceptors (Lipinski definition) is 6. The molecule has 3 heterocycles. The van der Waals surface area contributed by atoms with Crippen LogP contribution in [-0.4, -0.2) is 32.3 Å². The molecule has 2 aromatic heterocycles. The molecule has 1 unspecified atom stereocenters. The molecule has 0 fully saturated rings. The largest absolute Gasteiger partial charge is 0.493 e. The molecule has 138 valence electrons. The third-order valence-corrected chi connectivity index (χ3v) is 4.13. The fourth-order valence-corrected chi connectivity index (χ4v) is 2.91. The van der Waals surface area contributed by atoms with E-state index in [1.807, 2.05) is 18.2 Å². The maximum Gasteiger partial charge on any atom is 0.247 e. The summed E-state index contributed by atoms with van der Waals surface area (Å²) in [6.07, 6.45) is 5.41. The minimum atomic E-state index is -0.245. The molecule has 8 nitrogen and oxygen atoms in total. The topological polar surface area (TPSA) is 91.2 Å². The smallest absolute Gasteiger partial charge is 0.247 e. The molecule has 1 aliphatic rings. The molecule has 1 aromatic carbocycles. The SMILES string of the molecule is CC1COc2ccc(Oc3ccnc(NC(=O)Cn4cncn4)c3)cc2C1. The molecule has 27 heavy (non-hydrogen) atoms. The lowest BCUT2D eigenvalue weighted by Crippen LogP contribution is -2.19. The Balaban J connectivity index is 1.43. The number of nitrogens with one attached hydrogen (secondary N) is 1. The lowest BCUT2D eigenvalue weighted by Gasteiger charge is -2.22. The average Bonchev–Trinajstić information content (AvgIpc) is 3.14. The Labute approximate surface area is 156 Å². The molecule has 1 amide bonds. The van der Waals surface area contributed by atoms with Gasteiger partial charge in [-0.1, -0.05) is 6.92 Å². The zero-order valence-electron chi connectivity index (χ0n) is 14.8. The highest BCUT2D eigenvalue weighted by atomic mass is 16.5. The molecule has 0 aliphatic carbocycles. The van der Waals surface area contributed by atoms with Crippen LogP contribution >= 0.6 is 0 Å². The lowest BCUT2D eigenvalue weighted by atomic mass is 9.98. The van der Waals surface area contributed by atoms with Crippen molar-refractivity contribution in [2.24, 2.45) is 5.92 Å². The summed E-state index contributed by atoms with van der Waals surface area (Å²) >= 11 is 0. The summed E-state index contributed by atoms with van der Waals surface area (Å²) in [6, 6.07) is 9.22. The Kier molecular flexibility index (Phi) is 4.69. The van der Waals surface area contributed by atoms with Gasteiger partial charge in [0.2, 0.25) is 5.91 Å². The average molecular weight is 365 g/mol. The summed E-state index contributed by atoms with van der Waals surface area (Å²) < 4.78 is 13.1.